The summed E-state index contributed by atoms with van der Waals surface area (Å²) in [5.41, 5.74) is -1.55. The van der Waals surface area contributed by atoms with Crippen LogP contribution in [0.3, 0.4) is 0 Å². The van der Waals surface area contributed by atoms with Crippen molar-refractivity contribution in [2.75, 3.05) is 7.11 Å². The minimum absolute atomic E-state index is 0.00628. The van der Waals surface area contributed by atoms with Crippen LogP contribution in [-0.4, -0.2) is 63.8 Å². The third-order valence-corrected chi connectivity index (χ3v) is 3.01. The first kappa shape index (κ1) is 10.3. The van der Waals surface area contributed by atoms with Gasteiger partial charge in [0.15, 0.2) is 6.29 Å². The predicted molar refractivity (Wildman–Crippen MR) is 43.3 cm³/mol. The highest BCUT2D eigenvalue weighted by molar-refractivity contribution is 5.13. The molecular weight excluding hydrogens is 192 g/mol. The Balaban J connectivity index is 2.17. The van der Waals surface area contributed by atoms with E-state index in [-0.39, 0.29) is 6.42 Å². The lowest BCUT2D eigenvalue weighted by molar-refractivity contribution is -0.375. The maximum Gasteiger partial charge on any atom is 0.186 e. The molecule has 0 spiro atoms. The van der Waals surface area contributed by atoms with Gasteiger partial charge in [0.2, 0.25) is 0 Å². The van der Waals surface area contributed by atoms with E-state index in [0.29, 0.717) is 0 Å². The standard InChI is InChI=1S/C8H14O6/c1-13-7-4(10)5(11)8(12)2-3(9)6(8)14-7/h3-7,9-12H,2H2,1H3/t3?,4-,5-,6-,7-,8+/m1/s1. The molecule has 0 radical (unpaired) electrons. The highest BCUT2D eigenvalue weighted by atomic mass is 16.7. The number of aliphatic hydroxyl groups is 4. The first-order valence-electron chi connectivity index (χ1n) is 4.45. The van der Waals surface area contributed by atoms with Gasteiger partial charge in [-0.1, -0.05) is 0 Å². The second-order valence-electron chi connectivity index (χ2n) is 3.86. The SMILES string of the molecule is CO[C@@H]1O[C@@H]2C(O)C[C@]2(O)[C@H](O)[C@H]1O. The van der Waals surface area contributed by atoms with Crippen LogP contribution in [0.2, 0.25) is 0 Å². The maximum atomic E-state index is 9.80. The van der Waals surface area contributed by atoms with E-state index in [4.69, 9.17) is 9.47 Å². The van der Waals surface area contributed by atoms with Crippen LogP contribution < -0.4 is 0 Å². The van der Waals surface area contributed by atoms with Gasteiger partial charge < -0.3 is 29.9 Å². The Morgan fingerprint density at radius 3 is 2.50 bits per heavy atom. The molecule has 1 heterocycles. The number of methoxy groups -OCH3 is 1. The van der Waals surface area contributed by atoms with E-state index in [1.54, 1.807) is 0 Å². The van der Waals surface area contributed by atoms with Gasteiger partial charge in [0.05, 0.1) is 6.10 Å². The second kappa shape index (κ2) is 3.13. The van der Waals surface area contributed by atoms with E-state index in [1.165, 1.54) is 7.11 Å². The molecule has 14 heavy (non-hydrogen) atoms. The summed E-state index contributed by atoms with van der Waals surface area (Å²) in [6.45, 7) is 0. The molecule has 6 heteroatoms. The molecular formula is C8H14O6. The molecule has 1 saturated heterocycles. The molecule has 6 atom stereocenters. The second-order valence-corrected chi connectivity index (χ2v) is 3.86. The molecule has 2 rings (SSSR count). The lowest BCUT2D eigenvalue weighted by Gasteiger charge is -2.56. The van der Waals surface area contributed by atoms with Crippen molar-refractivity contribution < 1.29 is 29.9 Å². The van der Waals surface area contributed by atoms with Crippen molar-refractivity contribution in [1.29, 1.82) is 0 Å². The van der Waals surface area contributed by atoms with Gasteiger partial charge in [0, 0.05) is 13.5 Å². The van der Waals surface area contributed by atoms with Crippen LogP contribution in [0.4, 0.5) is 0 Å². The van der Waals surface area contributed by atoms with Crippen molar-refractivity contribution in [2.45, 2.75) is 42.7 Å². The van der Waals surface area contributed by atoms with E-state index in [9.17, 15) is 20.4 Å². The van der Waals surface area contributed by atoms with Crippen molar-refractivity contribution in [2.24, 2.45) is 0 Å². The fourth-order valence-electron chi connectivity index (χ4n) is 2.09. The smallest absolute Gasteiger partial charge is 0.186 e. The molecule has 6 nitrogen and oxygen atoms in total. The molecule has 1 aliphatic carbocycles. The topological polar surface area (TPSA) is 99.4 Å². The van der Waals surface area contributed by atoms with Crippen molar-refractivity contribution in [3.8, 4) is 0 Å². The third-order valence-electron chi connectivity index (χ3n) is 3.01. The summed E-state index contributed by atoms with van der Waals surface area (Å²) in [5, 5.41) is 38.1. The first-order valence-corrected chi connectivity index (χ1v) is 4.45. The highest BCUT2D eigenvalue weighted by Crippen LogP contribution is 2.43. The molecule has 0 amide bonds. The Morgan fingerprint density at radius 2 is 2.00 bits per heavy atom. The minimum Gasteiger partial charge on any atom is -0.390 e. The summed E-state index contributed by atoms with van der Waals surface area (Å²) in [5.74, 6) is 0. The van der Waals surface area contributed by atoms with Gasteiger partial charge in [-0.25, -0.2) is 0 Å². The van der Waals surface area contributed by atoms with E-state index in [0.717, 1.165) is 0 Å². The molecule has 0 bridgehead atoms. The van der Waals surface area contributed by atoms with Crippen LogP contribution in [0.5, 0.6) is 0 Å². The largest absolute Gasteiger partial charge is 0.390 e. The van der Waals surface area contributed by atoms with E-state index in [1.807, 2.05) is 0 Å². The van der Waals surface area contributed by atoms with Crippen molar-refractivity contribution in [3.63, 3.8) is 0 Å². The average molecular weight is 206 g/mol. The zero-order valence-electron chi connectivity index (χ0n) is 7.70. The normalized spacial score (nSPS) is 57.6. The minimum atomic E-state index is -1.55. The Hall–Kier alpha value is -0.240. The average Bonchev–Trinajstić information content (AvgIpc) is 2.15. The van der Waals surface area contributed by atoms with Crippen molar-refractivity contribution in [1.82, 2.24) is 0 Å². The van der Waals surface area contributed by atoms with Crippen LogP contribution in [0.15, 0.2) is 0 Å². The third kappa shape index (κ3) is 1.13. The van der Waals surface area contributed by atoms with Crippen LogP contribution in [0.25, 0.3) is 0 Å². The number of rotatable bonds is 1. The molecule has 0 aromatic heterocycles. The lowest BCUT2D eigenvalue weighted by atomic mass is 9.67. The number of hydrogen-bond acceptors (Lipinski definition) is 6. The van der Waals surface area contributed by atoms with Crippen LogP contribution in [0.1, 0.15) is 6.42 Å². The Morgan fingerprint density at radius 1 is 1.36 bits per heavy atom. The van der Waals surface area contributed by atoms with Gasteiger partial charge in [-0.05, 0) is 0 Å². The van der Waals surface area contributed by atoms with E-state index >= 15 is 0 Å². The highest BCUT2D eigenvalue weighted by Gasteiger charge is 2.64. The summed E-state index contributed by atoms with van der Waals surface area (Å²) in [6, 6.07) is 0. The fourth-order valence-corrected chi connectivity index (χ4v) is 2.09. The lowest BCUT2D eigenvalue weighted by Crippen LogP contribution is -2.76. The molecule has 2 aliphatic rings. The monoisotopic (exact) mass is 206 g/mol. The number of hydrogen-bond donors (Lipinski definition) is 4. The Kier molecular flexibility index (Phi) is 2.30. The van der Waals surface area contributed by atoms with Crippen LogP contribution >= 0.6 is 0 Å². The molecule has 4 N–H and O–H groups in total. The summed E-state index contributed by atoms with van der Waals surface area (Å²) >= 11 is 0. The molecule has 82 valence electrons. The van der Waals surface area contributed by atoms with Gasteiger partial charge in [-0.15, -0.1) is 0 Å². The van der Waals surface area contributed by atoms with Crippen LogP contribution in [-0.2, 0) is 9.47 Å². The first-order chi connectivity index (χ1) is 6.50. The Labute approximate surface area is 80.7 Å². The zero-order chi connectivity index (χ0) is 10.5. The summed E-state index contributed by atoms with van der Waals surface area (Å²) in [7, 11) is 1.32. The van der Waals surface area contributed by atoms with Gasteiger partial charge in [0.1, 0.15) is 23.9 Å². The van der Waals surface area contributed by atoms with Gasteiger partial charge in [0.25, 0.3) is 0 Å². The molecule has 1 unspecified atom stereocenters. The number of ether oxygens (including phenoxy) is 2. The van der Waals surface area contributed by atoms with Crippen molar-refractivity contribution >= 4 is 0 Å². The van der Waals surface area contributed by atoms with Gasteiger partial charge >= 0.3 is 0 Å². The van der Waals surface area contributed by atoms with Crippen LogP contribution in [0, 0.1) is 0 Å². The molecule has 1 saturated carbocycles. The summed E-state index contributed by atoms with van der Waals surface area (Å²) < 4.78 is 9.87. The Bertz CT molecular complexity index is 230. The zero-order valence-corrected chi connectivity index (χ0v) is 7.70. The molecule has 0 aromatic carbocycles. The fraction of sp³-hybridized carbons (Fsp3) is 1.00. The maximum absolute atomic E-state index is 9.80. The van der Waals surface area contributed by atoms with Gasteiger partial charge in [-0.2, -0.15) is 0 Å². The molecule has 2 fully saturated rings. The number of aliphatic hydroxyl groups excluding tert-OH is 3. The van der Waals surface area contributed by atoms with Gasteiger partial charge in [-0.3, -0.25) is 0 Å². The molecule has 0 aromatic rings. The van der Waals surface area contributed by atoms with Crippen molar-refractivity contribution in [3.05, 3.63) is 0 Å². The quantitative estimate of drug-likeness (QED) is 0.381. The predicted octanol–water partition coefficient (Wildman–Crippen LogP) is -2.42. The van der Waals surface area contributed by atoms with E-state index in [2.05, 4.69) is 0 Å². The summed E-state index contributed by atoms with van der Waals surface area (Å²) in [4.78, 5) is 0. The number of fused-ring (bicyclic) bond motifs is 1. The van der Waals surface area contributed by atoms with E-state index < -0.39 is 36.3 Å². The summed E-state index contributed by atoms with van der Waals surface area (Å²) in [6.07, 6.45) is -5.36. The molecule has 1 aliphatic heterocycles.